The van der Waals surface area contributed by atoms with Gasteiger partial charge in [0.15, 0.2) is 0 Å². The third kappa shape index (κ3) is 1.65. The molecule has 0 amide bonds. The van der Waals surface area contributed by atoms with Crippen LogP contribution in [0.1, 0.15) is 12.5 Å². The van der Waals surface area contributed by atoms with Crippen molar-refractivity contribution in [1.29, 1.82) is 0 Å². The number of nitrogens with two attached hydrogens (primary N) is 1. The van der Waals surface area contributed by atoms with Crippen molar-refractivity contribution >= 4 is 5.69 Å². The fourth-order valence-electron chi connectivity index (χ4n) is 1.72. The molecular weight excluding hydrogens is 162 g/mol. The van der Waals surface area contributed by atoms with Gasteiger partial charge in [-0.1, -0.05) is 0 Å². The molecule has 70 valence electrons. The lowest BCUT2D eigenvalue weighted by molar-refractivity contribution is 0.365. The van der Waals surface area contributed by atoms with Gasteiger partial charge in [-0.15, -0.1) is 0 Å². The van der Waals surface area contributed by atoms with Crippen LogP contribution >= 0.6 is 0 Å². The molecule has 0 saturated carbocycles. The van der Waals surface area contributed by atoms with Crippen molar-refractivity contribution in [3.8, 4) is 0 Å². The topological polar surface area (TPSA) is 42.2 Å². The summed E-state index contributed by atoms with van der Waals surface area (Å²) in [7, 11) is 0. The van der Waals surface area contributed by atoms with Gasteiger partial charge < -0.3 is 10.6 Å². The largest absolute Gasteiger partial charge is 0.366 e. The highest BCUT2D eigenvalue weighted by Gasteiger charge is 2.34. The van der Waals surface area contributed by atoms with Gasteiger partial charge >= 0.3 is 0 Å². The number of hydrogen-bond acceptors (Lipinski definition) is 3. The molecule has 3 nitrogen and oxygen atoms in total. The van der Waals surface area contributed by atoms with E-state index in [1.54, 1.807) is 0 Å². The molecule has 0 bridgehead atoms. The Bertz CT molecular complexity index is 312. The fourth-order valence-corrected chi connectivity index (χ4v) is 1.72. The van der Waals surface area contributed by atoms with Crippen LogP contribution in [-0.2, 0) is 0 Å². The molecule has 2 heterocycles. The molecule has 0 aromatic carbocycles. The predicted molar refractivity (Wildman–Crippen MR) is 53.8 cm³/mol. The number of aromatic nitrogens is 1. The molecule has 1 aromatic rings. The summed E-state index contributed by atoms with van der Waals surface area (Å²) in [5.74, 6) is 0. The molecule has 0 atom stereocenters. The van der Waals surface area contributed by atoms with Crippen LogP contribution in [0.3, 0.4) is 0 Å². The molecule has 13 heavy (non-hydrogen) atoms. The first kappa shape index (κ1) is 8.51. The van der Waals surface area contributed by atoms with Crippen molar-refractivity contribution in [1.82, 2.24) is 4.98 Å². The first-order chi connectivity index (χ1) is 6.07. The van der Waals surface area contributed by atoms with Crippen LogP contribution in [-0.4, -0.2) is 23.6 Å². The standard InChI is InChI=1S/C10H15N3/c1-8-3-9(5-12-4-8)13-6-10(2,11)7-13/h3-5H,6-7,11H2,1-2H3. The minimum Gasteiger partial charge on any atom is -0.366 e. The molecule has 0 unspecified atom stereocenters. The lowest BCUT2D eigenvalue weighted by Crippen LogP contribution is -2.65. The van der Waals surface area contributed by atoms with Crippen LogP contribution in [0, 0.1) is 6.92 Å². The van der Waals surface area contributed by atoms with E-state index >= 15 is 0 Å². The van der Waals surface area contributed by atoms with E-state index in [0.29, 0.717) is 0 Å². The normalized spacial score (nSPS) is 19.8. The lowest BCUT2D eigenvalue weighted by atomic mass is 9.93. The Balaban J connectivity index is 2.11. The van der Waals surface area contributed by atoms with E-state index in [1.165, 1.54) is 11.3 Å². The zero-order valence-electron chi connectivity index (χ0n) is 8.12. The first-order valence-corrected chi connectivity index (χ1v) is 4.52. The summed E-state index contributed by atoms with van der Waals surface area (Å²) in [5, 5.41) is 0. The van der Waals surface area contributed by atoms with Gasteiger partial charge in [-0.3, -0.25) is 4.98 Å². The summed E-state index contributed by atoms with van der Waals surface area (Å²) in [6.07, 6.45) is 3.76. The van der Waals surface area contributed by atoms with Gasteiger partial charge in [-0.25, -0.2) is 0 Å². The third-order valence-electron chi connectivity index (χ3n) is 2.33. The fraction of sp³-hybridized carbons (Fsp3) is 0.500. The molecule has 2 N–H and O–H groups in total. The molecule has 0 aliphatic carbocycles. The summed E-state index contributed by atoms with van der Waals surface area (Å²) >= 11 is 0. The summed E-state index contributed by atoms with van der Waals surface area (Å²) in [6.45, 7) is 5.99. The SMILES string of the molecule is Cc1cncc(N2CC(C)(N)C2)c1. The first-order valence-electron chi connectivity index (χ1n) is 4.52. The Morgan fingerprint density at radius 2 is 2.15 bits per heavy atom. The van der Waals surface area contributed by atoms with Gasteiger partial charge in [-0.05, 0) is 25.5 Å². The second kappa shape index (κ2) is 2.70. The number of hydrogen-bond donors (Lipinski definition) is 1. The molecule has 1 saturated heterocycles. The van der Waals surface area contributed by atoms with Crippen molar-refractivity contribution in [3.05, 3.63) is 24.0 Å². The second-order valence-electron chi connectivity index (χ2n) is 4.23. The maximum absolute atomic E-state index is 5.93. The van der Waals surface area contributed by atoms with E-state index in [4.69, 9.17) is 5.73 Å². The van der Waals surface area contributed by atoms with E-state index < -0.39 is 0 Å². The number of rotatable bonds is 1. The predicted octanol–water partition coefficient (Wildman–Crippen LogP) is 0.927. The quantitative estimate of drug-likeness (QED) is 0.693. The lowest BCUT2D eigenvalue weighted by Gasteiger charge is -2.46. The Labute approximate surface area is 78.6 Å². The van der Waals surface area contributed by atoms with Crippen LogP contribution in [0.25, 0.3) is 0 Å². The molecule has 3 heteroatoms. The maximum Gasteiger partial charge on any atom is 0.0556 e. The molecule has 1 fully saturated rings. The molecule has 1 aromatic heterocycles. The Kier molecular flexibility index (Phi) is 1.77. The average molecular weight is 177 g/mol. The second-order valence-corrected chi connectivity index (χ2v) is 4.23. The molecule has 1 aliphatic heterocycles. The van der Waals surface area contributed by atoms with Crippen molar-refractivity contribution < 1.29 is 0 Å². The zero-order chi connectivity index (χ0) is 9.47. The Morgan fingerprint density at radius 3 is 2.69 bits per heavy atom. The molecule has 2 rings (SSSR count). The van der Waals surface area contributed by atoms with Gasteiger partial charge in [0.05, 0.1) is 11.9 Å². The summed E-state index contributed by atoms with van der Waals surface area (Å²) in [6, 6.07) is 2.14. The van der Waals surface area contributed by atoms with Crippen LogP contribution in [0.5, 0.6) is 0 Å². The molecular formula is C10H15N3. The van der Waals surface area contributed by atoms with Crippen LogP contribution in [0.2, 0.25) is 0 Å². The maximum atomic E-state index is 5.93. The van der Waals surface area contributed by atoms with Gasteiger partial charge in [0.1, 0.15) is 0 Å². The number of aryl methyl sites for hydroxylation is 1. The van der Waals surface area contributed by atoms with E-state index in [9.17, 15) is 0 Å². The molecule has 0 spiro atoms. The highest BCUT2D eigenvalue weighted by Crippen LogP contribution is 2.25. The number of anilines is 1. The van der Waals surface area contributed by atoms with E-state index in [-0.39, 0.29) is 5.54 Å². The van der Waals surface area contributed by atoms with E-state index in [2.05, 4.69) is 29.8 Å². The van der Waals surface area contributed by atoms with E-state index in [1.807, 2.05) is 12.4 Å². The number of nitrogens with zero attached hydrogens (tertiary/aromatic N) is 2. The van der Waals surface area contributed by atoms with Gasteiger partial charge in [0.2, 0.25) is 0 Å². The van der Waals surface area contributed by atoms with Crippen LogP contribution < -0.4 is 10.6 Å². The monoisotopic (exact) mass is 177 g/mol. The van der Waals surface area contributed by atoms with Crippen LogP contribution in [0.15, 0.2) is 18.5 Å². The van der Waals surface area contributed by atoms with Crippen LogP contribution in [0.4, 0.5) is 5.69 Å². The third-order valence-corrected chi connectivity index (χ3v) is 2.33. The molecule has 0 radical (unpaired) electrons. The summed E-state index contributed by atoms with van der Waals surface area (Å²) in [5.41, 5.74) is 8.30. The summed E-state index contributed by atoms with van der Waals surface area (Å²) < 4.78 is 0. The smallest absolute Gasteiger partial charge is 0.0556 e. The zero-order valence-corrected chi connectivity index (χ0v) is 8.12. The van der Waals surface area contributed by atoms with Gasteiger partial charge in [0, 0.05) is 24.8 Å². The minimum atomic E-state index is -0.0102. The highest BCUT2D eigenvalue weighted by molar-refractivity contribution is 5.50. The van der Waals surface area contributed by atoms with Crippen molar-refractivity contribution in [2.75, 3.05) is 18.0 Å². The average Bonchev–Trinajstić information content (AvgIpc) is 2.00. The van der Waals surface area contributed by atoms with Gasteiger partial charge in [0.25, 0.3) is 0 Å². The van der Waals surface area contributed by atoms with Gasteiger partial charge in [-0.2, -0.15) is 0 Å². The summed E-state index contributed by atoms with van der Waals surface area (Å²) in [4.78, 5) is 6.40. The minimum absolute atomic E-state index is 0.0102. The Morgan fingerprint density at radius 1 is 1.46 bits per heavy atom. The van der Waals surface area contributed by atoms with E-state index in [0.717, 1.165) is 13.1 Å². The highest BCUT2D eigenvalue weighted by atomic mass is 15.2. The molecule has 1 aliphatic rings. The van der Waals surface area contributed by atoms with Crippen molar-refractivity contribution in [3.63, 3.8) is 0 Å². The van der Waals surface area contributed by atoms with Crippen molar-refractivity contribution in [2.45, 2.75) is 19.4 Å². The Hall–Kier alpha value is -1.09. The van der Waals surface area contributed by atoms with Crippen molar-refractivity contribution in [2.24, 2.45) is 5.73 Å². The number of pyridine rings is 1.